The van der Waals surface area contributed by atoms with Crippen LogP contribution >= 0.6 is 11.6 Å². The normalized spacial score (nSPS) is 22.9. The number of aromatic nitrogens is 2. The first kappa shape index (κ1) is 15.5. The summed E-state index contributed by atoms with van der Waals surface area (Å²) in [6, 6.07) is 10.0. The molecule has 1 aromatic heterocycles. The molecule has 3 rings (SSSR count). The highest BCUT2D eigenvalue weighted by atomic mass is 35.5. The maximum Gasteiger partial charge on any atom is 0.137 e. The highest BCUT2D eigenvalue weighted by Gasteiger charge is 2.24. The number of hydrogen-bond acceptors (Lipinski definition) is 3. The van der Waals surface area contributed by atoms with Crippen molar-refractivity contribution in [3.8, 4) is 5.69 Å². The molecule has 1 saturated heterocycles. The van der Waals surface area contributed by atoms with Crippen molar-refractivity contribution in [2.45, 2.75) is 39.5 Å². The summed E-state index contributed by atoms with van der Waals surface area (Å²) in [5.41, 5.74) is 3.08. The van der Waals surface area contributed by atoms with Crippen molar-refractivity contribution in [2.24, 2.45) is 0 Å². The number of benzene rings is 1. The number of morpholine rings is 1. The molecule has 22 heavy (non-hydrogen) atoms. The van der Waals surface area contributed by atoms with Gasteiger partial charge >= 0.3 is 0 Å². The minimum atomic E-state index is 0.256. The van der Waals surface area contributed by atoms with E-state index in [4.69, 9.17) is 16.3 Å². The van der Waals surface area contributed by atoms with E-state index in [2.05, 4.69) is 23.8 Å². The van der Waals surface area contributed by atoms with Gasteiger partial charge in [-0.1, -0.05) is 29.8 Å². The van der Waals surface area contributed by atoms with Crippen molar-refractivity contribution in [2.75, 3.05) is 13.1 Å². The molecule has 1 aromatic carbocycles. The van der Waals surface area contributed by atoms with Crippen LogP contribution in [-0.2, 0) is 11.3 Å². The summed E-state index contributed by atoms with van der Waals surface area (Å²) in [6.45, 7) is 8.92. The Labute approximate surface area is 136 Å². The molecular weight excluding hydrogens is 298 g/mol. The third kappa shape index (κ3) is 3.19. The van der Waals surface area contributed by atoms with E-state index in [0.717, 1.165) is 36.6 Å². The number of halogens is 1. The van der Waals surface area contributed by atoms with Gasteiger partial charge in [0.1, 0.15) is 5.15 Å². The Kier molecular flexibility index (Phi) is 4.52. The van der Waals surface area contributed by atoms with Crippen molar-refractivity contribution < 1.29 is 4.74 Å². The van der Waals surface area contributed by atoms with E-state index in [1.54, 1.807) is 0 Å². The summed E-state index contributed by atoms with van der Waals surface area (Å²) in [6.07, 6.45) is 0.513. The zero-order chi connectivity index (χ0) is 15.7. The van der Waals surface area contributed by atoms with Crippen LogP contribution in [0.5, 0.6) is 0 Å². The number of para-hydroxylation sites is 1. The van der Waals surface area contributed by atoms with Crippen LogP contribution in [0.3, 0.4) is 0 Å². The monoisotopic (exact) mass is 319 g/mol. The molecule has 0 N–H and O–H groups in total. The van der Waals surface area contributed by atoms with E-state index in [-0.39, 0.29) is 12.2 Å². The minimum Gasteiger partial charge on any atom is -0.373 e. The van der Waals surface area contributed by atoms with Gasteiger partial charge in [-0.25, -0.2) is 4.68 Å². The minimum absolute atomic E-state index is 0.256. The lowest BCUT2D eigenvalue weighted by Crippen LogP contribution is -2.44. The molecule has 1 fully saturated rings. The van der Waals surface area contributed by atoms with Gasteiger partial charge in [-0.05, 0) is 32.9 Å². The first-order valence-corrected chi connectivity index (χ1v) is 8.09. The summed E-state index contributed by atoms with van der Waals surface area (Å²) in [5, 5.41) is 5.31. The molecule has 0 unspecified atom stereocenters. The largest absolute Gasteiger partial charge is 0.373 e. The summed E-state index contributed by atoms with van der Waals surface area (Å²) in [7, 11) is 0. The van der Waals surface area contributed by atoms with E-state index < -0.39 is 0 Å². The smallest absolute Gasteiger partial charge is 0.137 e. The van der Waals surface area contributed by atoms with Gasteiger partial charge in [-0.2, -0.15) is 5.10 Å². The first-order valence-electron chi connectivity index (χ1n) is 7.72. The van der Waals surface area contributed by atoms with Crippen LogP contribution in [0, 0.1) is 6.92 Å². The fraction of sp³-hybridized carbons (Fsp3) is 0.471. The summed E-state index contributed by atoms with van der Waals surface area (Å²) in [5.74, 6) is 0. The van der Waals surface area contributed by atoms with Gasteiger partial charge in [0, 0.05) is 25.2 Å². The quantitative estimate of drug-likeness (QED) is 0.868. The zero-order valence-electron chi connectivity index (χ0n) is 13.3. The highest BCUT2D eigenvalue weighted by Crippen LogP contribution is 2.26. The SMILES string of the molecule is Cc1nn(-c2ccccc2)c(Cl)c1CN1C[C@@H](C)O[C@@H](C)C1. The van der Waals surface area contributed by atoms with Crippen molar-refractivity contribution in [1.29, 1.82) is 0 Å². The van der Waals surface area contributed by atoms with Crippen molar-refractivity contribution in [3.05, 3.63) is 46.7 Å². The molecule has 1 aliphatic heterocycles. The molecule has 0 saturated carbocycles. The highest BCUT2D eigenvalue weighted by molar-refractivity contribution is 6.30. The van der Waals surface area contributed by atoms with Crippen LogP contribution in [0.25, 0.3) is 5.69 Å². The Hall–Kier alpha value is -1.36. The number of hydrogen-bond donors (Lipinski definition) is 0. The average Bonchev–Trinajstić information content (AvgIpc) is 2.75. The molecular formula is C17H22ClN3O. The molecule has 2 heterocycles. The van der Waals surface area contributed by atoms with E-state index in [9.17, 15) is 0 Å². The number of aryl methyl sites for hydroxylation is 1. The van der Waals surface area contributed by atoms with E-state index in [1.807, 2.05) is 41.9 Å². The fourth-order valence-electron chi connectivity index (χ4n) is 3.09. The van der Waals surface area contributed by atoms with Gasteiger partial charge < -0.3 is 4.74 Å². The standard InChI is InChI=1S/C17H22ClN3O/c1-12-9-20(10-13(2)22-12)11-16-14(3)19-21(17(16)18)15-7-5-4-6-8-15/h4-8,12-13H,9-11H2,1-3H3/t12-,13+. The Morgan fingerprint density at radius 3 is 2.45 bits per heavy atom. The molecule has 4 nitrogen and oxygen atoms in total. The predicted octanol–water partition coefficient (Wildman–Crippen LogP) is 3.44. The van der Waals surface area contributed by atoms with Crippen molar-refractivity contribution in [3.63, 3.8) is 0 Å². The maximum absolute atomic E-state index is 6.60. The van der Waals surface area contributed by atoms with E-state index >= 15 is 0 Å². The van der Waals surface area contributed by atoms with E-state index in [0.29, 0.717) is 5.15 Å². The van der Waals surface area contributed by atoms with Gasteiger partial charge in [0.2, 0.25) is 0 Å². The van der Waals surface area contributed by atoms with Gasteiger partial charge in [-0.15, -0.1) is 0 Å². The first-order chi connectivity index (χ1) is 10.5. The zero-order valence-corrected chi connectivity index (χ0v) is 14.0. The van der Waals surface area contributed by atoms with E-state index in [1.165, 1.54) is 0 Å². The molecule has 0 amide bonds. The molecule has 2 atom stereocenters. The van der Waals surface area contributed by atoms with Crippen LogP contribution in [0.15, 0.2) is 30.3 Å². The lowest BCUT2D eigenvalue weighted by atomic mass is 10.2. The maximum atomic E-state index is 6.60. The van der Waals surface area contributed by atoms with Crippen LogP contribution in [0.2, 0.25) is 5.15 Å². The van der Waals surface area contributed by atoms with Gasteiger partial charge in [0.15, 0.2) is 0 Å². The summed E-state index contributed by atoms with van der Waals surface area (Å²) in [4.78, 5) is 2.39. The predicted molar refractivity (Wildman–Crippen MR) is 88.6 cm³/mol. The van der Waals surface area contributed by atoms with Crippen LogP contribution < -0.4 is 0 Å². The van der Waals surface area contributed by atoms with Gasteiger partial charge in [-0.3, -0.25) is 4.90 Å². The summed E-state index contributed by atoms with van der Waals surface area (Å²) < 4.78 is 7.61. The lowest BCUT2D eigenvalue weighted by molar-refractivity contribution is -0.0705. The molecule has 0 spiro atoms. The Morgan fingerprint density at radius 1 is 1.18 bits per heavy atom. The molecule has 1 aliphatic rings. The number of ether oxygens (including phenoxy) is 1. The van der Waals surface area contributed by atoms with Crippen LogP contribution in [0.4, 0.5) is 0 Å². The molecule has 0 bridgehead atoms. The van der Waals surface area contributed by atoms with Crippen molar-refractivity contribution >= 4 is 11.6 Å². The van der Waals surface area contributed by atoms with Gasteiger partial charge in [0.25, 0.3) is 0 Å². The average molecular weight is 320 g/mol. The summed E-state index contributed by atoms with van der Waals surface area (Å²) >= 11 is 6.60. The third-order valence-corrected chi connectivity index (χ3v) is 4.39. The molecule has 2 aromatic rings. The Morgan fingerprint density at radius 2 is 1.82 bits per heavy atom. The number of rotatable bonds is 3. The lowest BCUT2D eigenvalue weighted by Gasteiger charge is -2.35. The topological polar surface area (TPSA) is 30.3 Å². The second kappa shape index (κ2) is 6.41. The number of nitrogens with zero attached hydrogens (tertiary/aromatic N) is 3. The molecule has 0 aliphatic carbocycles. The molecule has 118 valence electrons. The third-order valence-electron chi connectivity index (χ3n) is 4.00. The van der Waals surface area contributed by atoms with Crippen molar-refractivity contribution in [1.82, 2.24) is 14.7 Å². The Balaban J connectivity index is 1.84. The molecule has 0 radical (unpaired) electrons. The van der Waals surface area contributed by atoms with Crippen LogP contribution in [0.1, 0.15) is 25.1 Å². The molecule has 5 heteroatoms. The fourth-order valence-corrected chi connectivity index (χ4v) is 3.42. The Bertz CT molecular complexity index is 631. The van der Waals surface area contributed by atoms with Crippen LogP contribution in [-0.4, -0.2) is 40.0 Å². The van der Waals surface area contributed by atoms with Gasteiger partial charge in [0.05, 0.1) is 23.6 Å². The second-order valence-corrected chi connectivity index (χ2v) is 6.41. The second-order valence-electron chi connectivity index (χ2n) is 6.05.